The molecule has 0 fully saturated rings. The van der Waals surface area contributed by atoms with Crippen LogP contribution in [0.15, 0.2) is 0 Å². The Morgan fingerprint density at radius 3 is 2.25 bits per heavy atom. The molecule has 140 valence electrons. The van der Waals surface area contributed by atoms with Gasteiger partial charge in [0.25, 0.3) is 0 Å². The van der Waals surface area contributed by atoms with Crippen molar-refractivity contribution in [3.8, 4) is 0 Å². The molecule has 0 aromatic heterocycles. The van der Waals surface area contributed by atoms with E-state index in [9.17, 15) is 14.4 Å². The molecule has 0 aromatic rings. The predicted octanol–water partition coefficient (Wildman–Crippen LogP) is 1.37. The van der Waals surface area contributed by atoms with Gasteiger partial charge in [0.1, 0.15) is 11.6 Å². The Balaban J connectivity index is 4.51. The minimum absolute atomic E-state index is 0.0115. The zero-order valence-corrected chi connectivity index (χ0v) is 15.4. The third kappa shape index (κ3) is 10.0. The van der Waals surface area contributed by atoms with Gasteiger partial charge in [-0.3, -0.25) is 4.79 Å². The highest BCUT2D eigenvalue weighted by molar-refractivity contribution is 5.89. The Kier molecular flexibility index (Phi) is 10.0. The molecule has 0 aliphatic heterocycles. The minimum atomic E-state index is -0.928. The molecule has 0 aromatic carbocycles. The van der Waals surface area contributed by atoms with Crippen LogP contribution in [-0.2, 0) is 23.8 Å². The Hall–Kier alpha value is -1.83. The van der Waals surface area contributed by atoms with Crippen LogP contribution in [0.3, 0.4) is 0 Å². The standard InChI is InChI=1S/C16H30N2O6/c1-7-8-9-23-10-12(14(20)22-6)18-13(19)11(2)17-15(21)24-16(3,4)5/h11-12H,7-10H2,1-6H3,(H,17,21)(H,18,19)/t11-,12-/m0/s1. The van der Waals surface area contributed by atoms with Gasteiger partial charge in [0.15, 0.2) is 6.04 Å². The van der Waals surface area contributed by atoms with E-state index in [0.717, 1.165) is 12.8 Å². The maximum Gasteiger partial charge on any atom is 0.408 e. The van der Waals surface area contributed by atoms with E-state index < -0.39 is 35.7 Å². The van der Waals surface area contributed by atoms with Gasteiger partial charge >= 0.3 is 12.1 Å². The second-order valence-electron chi connectivity index (χ2n) is 6.38. The van der Waals surface area contributed by atoms with E-state index in [0.29, 0.717) is 6.61 Å². The fourth-order valence-corrected chi connectivity index (χ4v) is 1.61. The summed E-state index contributed by atoms with van der Waals surface area (Å²) in [5.74, 6) is -1.14. The maximum atomic E-state index is 12.1. The Morgan fingerprint density at radius 2 is 1.75 bits per heavy atom. The topological polar surface area (TPSA) is 103 Å². The molecule has 24 heavy (non-hydrogen) atoms. The van der Waals surface area contributed by atoms with Crippen molar-refractivity contribution >= 4 is 18.0 Å². The zero-order chi connectivity index (χ0) is 18.8. The molecule has 0 heterocycles. The quantitative estimate of drug-likeness (QED) is 0.483. The summed E-state index contributed by atoms with van der Waals surface area (Å²) in [6.45, 7) is 9.18. The molecule has 0 spiro atoms. The highest BCUT2D eigenvalue weighted by Crippen LogP contribution is 2.06. The number of carbonyl (C=O) groups excluding carboxylic acids is 3. The summed E-state index contributed by atoms with van der Waals surface area (Å²) >= 11 is 0. The number of methoxy groups -OCH3 is 1. The van der Waals surface area contributed by atoms with Crippen LogP contribution >= 0.6 is 0 Å². The van der Waals surface area contributed by atoms with Crippen LogP contribution in [0.5, 0.6) is 0 Å². The molecule has 0 aliphatic carbocycles. The molecule has 2 atom stereocenters. The van der Waals surface area contributed by atoms with Crippen molar-refractivity contribution in [2.24, 2.45) is 0 Å². The zero-order valence-electron chi connectivity index (χ0n) is 15.4. The summed E-state index contributed by atoms with van der Waals surface area (Å²) in [6, 6.07) is -1.80. The van der Waals surface area contributed by atoms with Crippen LogP contribution in [0.2, 0.25) is 0 Å². The van der Waals surface area contributed by atoms with Crippen LogP contribution in [-0.4, -0.2) is 56.0 Å². The number of unbranched alkanes of at least 4 members (excludes halogenated alkanes) is 1. The van der Waals surface area contributed by atoms with Crippen LogP contribution in [0, 0.1) is 0 Å². The summed E-state index contributed by atoms with van der Waals surface area (Å²) in [6.07, 6.45) is 1.11. The Labute approximate surface area is 143 Å². The first-order chi connectivity index (χ1) is 11.1. The SMILES string of the molecule is CCCCOC[C@H](NC(=O)[C@H](C)NC(=O)OC(C)(C)C)C(=O)OC. The molecule has 0 saturated carbocycles. The smallest absolute Gasteiger partial charge is 0.408 e. The number of ether oxygens (including phenoxy) is 3. The number of carbonyl (C=O) groups is 3. The lowest BCUT2D eigenvalue weighted by atomic mass is 10.2. The summed E-state index contributed by atoms with van der Waals surface area (Å²) < 4.78 is 15.1. The number of alkyl carbamates (subject to hydrolysis) is 1. The largest absolute Gasteiger partial charge is 0.467 e. The van der Waals surface area contributed by atoms with E-state index in [-0.39, 0.29) is 6.61 Å². The fourth-order valence-electron chi connectivity index (χ4n) is 1.61. The molecule has 2 N–H and O–H groups in total. The first-order valence-corrected chi connectivity index (χ1v) is 8.06. The van der Waals surface area contributed by atoms with Gasteiger partial charge in [-0.1, -0.05) is 13.3 Å². The van der Waals surface area contributed by atoms with E-state index in [1.54, 1.807) is 20.8 Å². The summed E-state index contributed by atoms with van der Waals surface area (Å²) in [5, 5.41) is 4.91. The minimum Gasteiger partial charge on any atom is -0.467 e. The molecule has 0 aliphatic rings. The van der Waals surface area contributed by atoms with E-state index in [4.69, 9.17) is 9.47 Å². The average molecular weight is 346 g/mol. The van der Waals surface area contributed by atoms with Crippen molar-refractivity contribution in [2.75, 3.05) is 20.3 Å². The van der Waals surface area contributed by atoms with Crippen LogP contribution in [0.1, 0.15) is 47.5 Å². The van der Waals surface area contributed by atoms with Gasteiger partial charge in [0.05, 0.1) is 13.7 Å². The lowest BCUT2D eigenvalue weighted by Crippen LogP contribution is -2.52. The monoisotopic (exact) mass is 346 g/mol. The molecule has 8 heteroatoms. The number of hydrogen-bond donors (Lipinski definition) is 2. The molecule has 0 bridgehead atoms. The van der Waals surface area contributed by atoms with Gasteiger partial charge in [-0.15, -0.1) is 0 Å². The van der Waals surface area contributed by atoms with Crippen molar-refractivity contribution in [3.63, 3.8) is 0 Å². The number of rotatable bonds is 9. The van der Waals surface area contributed by atoms with Gasteiger partial charge in [-0.2, -0.15) is 0 Å². The molecular formula is C16H30N2O6. The van der Waals surface area contributed by atoms with Gasteiger partial charge in [-0.05, 0) is 34.1 Å². The van der Waals surface area contributed by atoms with Gasteiger partial charge in [0.2, 0.25) is 5.91 Å². The highest BCUT2D eigenvalue weighted by atomic mass is 16.6. The molecule has 8 nitrogen and oxygen atoms in total. The van der Waals surface area contributed by atoms with Gasteiger partial charge < -0.3 is 24.8 Å². The summed E-state index contributed by atoms with van der Waals surface area (Å²) in [5.41, 5.74) is -0.665. The normalized spacial score (nSPS) is 13.6. The van der Waals surface area contributed by atoms with E-state index >= 15 is 0 Å². The lowest BCUT2D eigenvalue weighted by Gasteiger charge is -2.23. The summed E-state index contributed by atoms with van der Waals surface area (Å²) in [7, 11) is 1.23. The van der Waals surface area contributed by atoms with E-state index in [1.165, 1.54) is 14.0 Å². The van der Waals surface area contributed by atoms with Crippen LogP contribution in [0.4, 0.5) is 4.79 Å². The van der Waals surface area contributed by atoms with Gasteiger partial charge in [0, 0.05) is 6.61 Å². The molecule has 0 unspecified atom stereocenters. The average Bonchev–Trinajstić information content (AvgIpc) is 2.47. The number of hydrogen-bond acceptors (Lipinski definition) is 6. The van der Waals surface area contributed by atoms with E-state index in [2.05, 4.69) is 15.4 Å². The Bertz CT molecular complexity index is 419. The summed E-state index contributed by atoms with van der Waals surface area (Å²) in [4.78, 5) is 35.5. The molecule has 0 saturated heterocycles. The molecule has 0 rings (SSSR count). The third-order valence-electron chi connectivity index (χ3n) is 2.86. The molecule has 0 radical (unpaired) electrons. The molecular weight excluding hydrogens is 316 g/mol. The van der Waals surface area contributed by atoms with Crippen molar-refractivity contribution in [1.82, 2.24) is 10.6 Å². The van der Waals surface area contributed by atoms with Crippen LogP contribution < -0.4 is 10.6 Å². The third-order valence-corrected chi connectivity index (χ3v) is 2.86. The number of amides is 2. The Morgan fingerprint density at radius 1 is 1.12 bits per heavy atom. The first kappa shape index (κ1) is 22.2. The lowest BCUT2D eigenvalue weighted by molar-refractivity contribution is -0.147. The predicted molar refractivity (Wildman–Crippen MR) is 88.5 cm³/mol. The van der Waals surface area contributed by atoms with Crippen molar-refractivity contribution in [1.29, 1.82) is 0 Å². The second kappa shape index (κ2) is 10.9. The fraction of sp³-hybridized carbons (Fsp3) is 0.812. The maximum absolute atomic E-state index is 12.1. The molecule has 2 amide bonds. The van der Waals surface area contributed by atoms with Crippen molar-refractivity contribution in [3.05, 3.63) is 0 Å². The highest BCUT2D eigenvalue weighted by Gasteiger charge is 2.26. The van der Waals surface area contributed by atoms with Crippen LogP contribution in [0.25, 0.3) is 0 Å². The first-order valence-electron chi connectivity index (χ1n) is 8.06. The van der Waals surface area contributed by atoms with Crippen molar-refractivity contribution < 1.29 is 28.6 Å². The number of esters is 1. The van der Waals surface area contributed by atoms with Crippen molar-refractivity contribution in [2.45, 2.75) is 65.1 Å². The number of nitrogens with one attached hydrogen (secondary N) is 2. The van der Waals surface area contributed by atoms with E-state index in [1.807, 2.05) is 6.92 Å². The second-order valence-corrected chi connectivity index (χ2v) is 6.38. The van der Waals surface area contributed by atoms with Gasteiger partial charge in [-0.25, -0.2) is 9.59 Å².